The fraction of sp³-hybridized carbons (Fsp3) is 0.267. The number of ether oxygens (including phenoxy) is 2. The summed E-state index contributed by atoms with van der Waals surface area (Å²) in [5.41, 5.74) is 6.21. The predicted octanol–water partition coefficient (Wildman–Crippen LogP) is 1.28. The first kappa shape index (κ1) is 17.3. The van der Waals surface area contributed by atoms with E-state index in [2.05, 4.69) is 10.3 Å². The second-order valence-corrected chi connectivity index (χ2v) is 4.77. The third kappa shape index (κ3) is 4.45. The van der Waals surface area contributed by atoms with E-state index < -0.39 is 17.9 Å². The molecule has 0 fully saturated rings. The van der Waals surface area contributed by atoms with E-state index in [0.717, 1.165) is 0 Å². The van der Waals surface area contributed by atoms with Crippen molar-refractivity contribution in [2.45, 2.75) is 13.5 Å². The van der Waals surface area contributed by atoms with Crippen LogP contribution >= 0.6 is 0 Å². The first-order valence-corrected chi connectivity index (χ1v) is 7.20. The van der Waals surface area contributed by atoms with Crippen molar-refractivity contribution in [2.24, 2.45) is 10.7 Å². The summed E-state index contributed by atoms with van der Waals surface area (Å²) < 4.78 is 24.6. The number of halogens is 1. The molecule has 1 aliphatic rings. The Kier molecular flexibility index (Phi) is 5.72. The molecule has 0 radical (unpaired) electrons. The number of nitrogens with two attached hydrogens (primary N) is 1. The summed E-state index contributed by atoms with van der Waals surface area (Å²) in [6.07, 6.45) is 0.615. The summed E-state index contributed by atoms with van der Waals surface area (Å²) in [5, 5.41) is 11.8. The molecule has 0 saturated heterocycles. The van der Waals surface area contributed by atoms with Gasteiger partial charge in [-0.15, -0.1) is 0 Å². The molecule has 1 heterocycles. The Balaban J connectivity index is 2.11. The maximum Gasteiger partial charge on any atom is 0.414 e. The Morgan fingerprint density at radius 3 is 2.96 bits per heavy atom. The summed E-state index contributed by atoms with van der Waals surface area (Å²) >= 11 is 0. The maximum atomic E-state index is 14.6. The van der Waals surface area contributed by atoms with Crippen LogP contribution in [0.5, 0.6) is 0 Å². The van der Waals surface area contributed by atoms with Gasteiger partial charge in [-0.3, -0.25) is 10.7 Å². The molecule has 1 aliphatic heterocycles. The second kappa shape index (κ2) is 7.95. The minimum atomic E-state index is -0.920. The molecular weight excluding hydrogens is 317 g/mol. The van der Waals surface area contributed by atoms with E-state index in [-0.39, 0.29) is 12.2 Å². The minimum Gasteiger partial charge on any atom is -0.465 e. The number of amidine groups is 1. The van der Waals surface area contributed by atoms with Gasteiger partial charge in [0.15, 0.2) is 5.96 Å². The maximum absolute atomic E-state index is 14.6. The molecule has 0 bridgehead atoms. The number of benzene rings is 1. The van der Waals surface area contributed by atoms with Crippen LogP contribution in [0.4, 0.5) is 9.18 Å². The molecule has 8 nitrogen and oxygen atoms in total. The molecule has 128 valence electrons. The molecule has 5 N–H and O–H groups in total. The van der Waals surface area contributed by atoms with Crippen molar-refractivity contribution in [1.82, 2.24) is 10.6 Å². The zero-order chi connectivity index (χ0) is 17.5. The molecule has 0 spiro atoms. The lowest BCUT2D eigenvalue weighted by molar-refractivity contribution is 0.143. The van der Waals surface area contributed by atoms with Gasteiger partial charge in [0.25, 0.3) is 6.02 Å². The van der Waals surface area contributed by atoms with Crippen molar-refractivity contribution in [3.63, 3.8) is 0 Å². The highest BCUT2D eigenvalue weighted by molar-refractivity contribution is 5.90. The number of rotatable bonds is 4. The average molecular weight is 335 g/mol. The van der Waals surface area contributed by atoms with Crippen LogP contribution in [0.15, 0.2) is 29.4 Å². The van der Waals surface area contributed by atoms with Crippen molar-refractivity contribution >= 4 is 23.6 Å². The zero-order valence-electron chi connectivity index (χ0n) is 13.1. The van der Waals surface area contributed by atoms with Crippen molar-refractivity contribution in [3.05, 3.63) is 41.3 Å². The molecule has 0 aliphatic carbocycles. The van der Waals surface area contributed by atoms with E-state index in [1.54, 1.807) is 12.1 Å². The Morgan fingerprint density at radius 1 is 1.54 bits per heavy atom. The fourth-order valence-corrected chi connectivity index (χ4v) is 2.02. The van der Waals surface area contributed by atoms with Gasteiger partial charge in [-0.05, 0) is 12.5 Å². The van der Waals surface area contributed by atoms with Gasteiger partial charge in [0.1, 0.15) is 12.4 Å². The monoisotopic (exact) mass is 335 g/mol. The third-order valence-electron chi connectivity index (χ3n) is 3.07. The number of carbonyl (C=O) groups excluding carboxylic acids is 1. The Hall–Kier alpha value is -3.10. The van der Waals surface area contributed by atoms with Crippen molar-refractivity contribution in [3.8, 4) is 0 Å². The summed E-state index contributed by atoms with van der Waals surface area (Å²) in [7, 11) is 0. The van der Waals surface area contributed by atoms with Crippen LogP contribution in [0, 0.1) is 11.2 Å². The lowest BCUT2D eigenvalue weighted by Crippen LogP contribution is -2.36. The van der Waals surface area contributed by atoms with E-state index >= 15 is 0 Å². The van der Waals surface area contributed by atoms with Gasteiger partial charge in [-0.2, -0.15) is 0 Å². The summed E-state index contributed by atoms with van der Waals surface area (Å²) in [6, 6.07) is 5.17. The number of amides is 1. The molecule has 24 heavy (non-hydrogen) atoms. The Morgan fingerprint density at radius 2 is 2.33 bits per heavy atom. The van der Waals surface area contributed by atoms with Crippen LogP contribution in [-0.4, -0.2) is 31.2 Å². The molecule has 0 aromatic heterocycles. The van der Waals surface area contributed by atoms with Crippen LogP contribution in [0.1, 0.15) is 18.1 Å². The van der Waals surface area contributed by atoms with Crippen LogP contribution in [-0.2, 0) is 16.1 Å². The van der Waals surface area contributed by atoms with Crippen molar-refractivity contribution in [1.29, 1.82) is 5.41 Å². The van der Waals surface area contributed by atoms with Crippen LogP contribution in [0.2, 0.25) is 0 Å². The highest BCUT2D eigenvalue weighted by Gasteiger charge is 2.16. The molecule has 0 unspecified atom stereocenters. The highest BCUT2D eigenvalue weighted by atomic mass is 19.1. The first-order chi connectivity index (χ1) is 11.5. The Labute approximate surface area is 138 Å². The summed E-state index contributed by atoms with van der Waals surface area (Å²) in [6.45, 7) is 2.41. The number of guanidine groups is 1. The van der Waals surface area contributed by atoms with Gasteiger partial charge in [0.05, 0.1) is 6.61 Å². The molecule has 0 atom stereocenters. The van der Waals surface area contributed by atoms with E-state index in [1.807, 2.05) is 12.2 Å². The van der Waals surface area contributed by atoms with Crippen LogP contribution in [0.25, 0.3) is 5.57 Å². The zero-order valence-corrected chi connectivity index (χ0v) is 13.1. The molecule has 9 heteroatoms. The molecule has 0 saturated carbocycles. The largest absolute Gasteiger partial charge is 0.465 e. The fourth-order valence-electron chi connectivity index (χ4n) is 2.02. The summed E-state index contributed by atoms with van der Waals surface area (Å²) in [4.78, 5) is 15.4. The number of alkyl carbamates (subject to hydrolysis) is 1. The number of hydrogen-bond acceptors (Lipinski definition) is 6. The number of hydrogen-bond donors (Lipinski definition) is 4. The van der Waals surface area contributed by atoms with Crippen LogP contribution < -0.4 is 16.4 Å². The van der Waals surface area contributed by atoms with Gasteiger partial charge in [0, 0.05) is 23.9 Å². The third-order valence-corrected chi connectivity index (χ3v) is 3.07. The highest BCUT2D eigenvalue weighted by Crippen LogP contribution is 2.22. The lowest BCUT2D eigenvalue weighted by Gasteiger charge is -2.17. The minimum absolute atomic E-state index is 0.201. The van der Waals surface area contributed by atoms with E-state index in [9.17, 15) is 9.18 Å². The standard InChI is InChI=1S/C15H18FN5O3/c1-2-23-14-19-6-10(7-20-14)11-5-3-4-9(12(11)16)8-24-15(22)21-13(17)18/h3-6H,2,7-8H2,1H3,(H,19,20)(H4,17,18,21,22). The summed E-state index contributed by atoms with van der Waals surface area (Å²) in [5.74, 6) is -1.05. The van der Waals surface area contributed by atoms with Crippen LogP contribution in [0.3, 0.4) is 0 Å². The van der Waals surface area contributed by atoms with Crippen molar-refractivity contribution < 1.29 is 18.7 Å². The average Bonchev–Trinajstić information content (AvgIpc) is 2.54. The first-order valence-electron chi connectivity index (χ1n) is 7.20. The van der Waals surface area contributed by atoms with Gasteiger partial charge < -0.3 is 20.5 Å². The van der Waals surface area contributed by atoms with E-state index in [1.165, 1.54) is 12.3 Å². The smallest absolute Gasteiger partial charge is 0.414 e. The van der Waals surface area contributed by atoms with Gasteiger partial charge in [-0.1, -0.05) is 18.2 Å². The molecule has 1 aromatic rings. The number of nitrogens with zero attached hydrogens (tertiary/aromatic N) is 1. The number of aliphatic imine (C=N–C) groups is 1. The van der Waals surface area contributed by atoms with E-state index in [0.29, 0.717) is 30.3 Å². The van der Waals surface area contributed by atoms with Gasteiger partial charge >= 0.3 is 6.09 Å². The molecule has 1 aromatic carbocycles. The van der Waals surface area contributed by atoms with Gasteiger partial charge in [0.2, 0.25) is 0 Å². The van der Waals surface area contributed by atoms with Crippen molar-refractivity contribution in [2.75, 3.05) is 13.2 Å². The number of nitrogens with one attached hydrogen (secondary N) is 3. The SMILES string of the molecule is CCOC1=NC=C(c2cccc(COC(=O)NC(=N)N)c2F)CN1. The molecule has 2 rings (SSSR count). The second-order valence-electron chi connectivity index (χ2n) is 4.77. The Bertz CT molecular complexity index is 702. The number of carbonyl (C=O) groups is 1. The quantitative estimate of drug-likeness (QED) is 0.488. The molecular formula is C15H18FN5O3. The van der Waals surface area contributed by atoms with Gasteiger partial charge in [-0.25, -0.2) is 14.2 Å². The molecule has 1 amide bonds. The lowest BCUT2D eigenvalue weighted by atomic mass is 10.0. The van der Waals surface area contributed by atoms with E-state index in [4.69, 9.17) is 20.6 Å². The predicted molar refractivity (Wildman–Crippen MR) is 86.7 cm³/mol. The topological polar surface area (TPSA) is 122 Å². The normalized spacial score (nSPS) is 13.2.